The van der Waals surface area contributed by atoms with Gasteiger partial charge in [-0.25, -0.2) is 4.98 Å². The summed E-state index contributed by atoms with van der Waals surface area (Å²) in [4.78, 5) is 17.6. The lowest BCUT2D eigenvalue weighted by molar-refractivity contribution is -0.121. The van der Waals surface area contributed by atoms with Gasteiger partial charge in [0.05, 0.1) is 0 Å². The van der Waals surface area contributed by atoms with Gasteiger partial charge in [-0.1, -0.05) is 26.3 Å². The highest BCUT2D eigenvalue weighted by molar-refractivity contribution is 8.13. The van der Waals surface area contributed by atoms with Crippen molar-refractivity contribution in [2.75, 3.05) is 0 Å². The highest BCUT2D eigenvalue weighted by Crippen LogP contribution is 2.65. The maximum Gasteiger partial charge on any atom is 0.198 e. The molecule has 1 aromatic rings. The number of fused-ring (bicyclic) bond motifs is 5. The van der Waals surface area contributed by atoms with Gasteiger partial charge in [0.1, 0.15) is 5.03 Å². The Bertz CT molecular complexity index is 721. The fraction of sp³-hybridized carbons (Fsp3) is 0.760. The monoisotopic (exact) mass is 397 g/mol. The van der Waals surface area contributed by atoms with E-state index < -0.39 is 0 Å². The second-order valence-electron chi connectivity index (χ2n) is 10.6. The lowest BCUT2D eigenvalue weighted by Crippen LogP contribution is -2.49. The molecule has 0 amide bonds. The van der Waals surface area contributed by atoms with Gasteiger partial charge in [-0.05, 0) is 116 Å². The first kappa shape index (κ1) is 19.2. The second kappa shape index (κ2) is 7.45. The third-order valence-corrected chi connectivity index (χ3v) is 10.3. The van der Waals surface area contributed by atoms with Gasteiger partial charge in [0.2, 0.25) is 0 Å². The molecule has 5 rings (SSSR count). The molecule has 0 saturated heterocycles. The van der Waals surface area contributed by atoms with Crippen molar-refractivity contribution >= 4 is 16.9 Å². The van der Waals surface area contributed by atoms with Crippen LogP contribution in [0.4, 0.5) is 0 Å². The predicted molar refractivity (Wildman–Crippen MR) is 115 cm³/mol. The molecule has 8 atom stereocenters. The smallest absolute Gasteiger partial charge is 0.198 e. The topological polar surface area (TPSA) is 30.0 Å². The fourth-order valence-electron chi connectivity index (χ4n) is 8.06. The molecule has 4 aliphatic carbocycles. The molecule has 1 heterocycles. The van der Waals surface area contributed by atoms with Crippen LogP contribution in [-0.2, 0) is 4.79 Å². The summed E-state index contributed by atoms with van der Waals surface area (Å²) in [5.41, 5.74) is 0.231. The highest BCUT2D eigenvalue weighted by atomic mass is 32.2. The van der Waals surface area contributed by atoms with Gasteiger partial charge in [-0.3, -0.25) is 4.79 Å². The number of rotatable bonds is 2. The molecule has 3 heteroatoms. The van der Waals surface area contributed by atoms with Gasteiger partial charge in [-0.15, -0.1) is 0 Å². The van der Waals surface area contributed by atoms with E-state index in [1.165, 1.54) is 63.1 Å². The van der Waals surface area contributed by atoms with E-state index in [9.17, 15) is 4.79 Å². The van der Waals surface area contributed by atoms with E-state index in [1.54, 1.807) is 6.20 Å². The van der Waals surface area contributed by atoms with Gasteiger partial charge in [0.15, 0.2) is 5.12 Å². The van der Waals surface area contributed by atoms with Crippen molar-refractivity contribution in [3.05, 3.63) is 24.4 Å². The molecule has 152 valence electrons. The van der Waals surface area contributed by atoms with Crippen molar-refractivity contribution in [1.82, 2.24) is 4.98 Å². The first-order chi connectivity index (χ1) is 13.6. The summed E-state index contributed by atoms with van der Waals surface area (Å²) in [7, 11) is 0. The van der Waals surface area contributed by atoms with E-state index in [0.717, 1.165) is 47.0 Å². The van der Waals surface area contributed by atoms with Gasteiger partial charge in [0, 0.05) is 12.1 Å². The molecular formula is C25H35NOS. The number of thioether (sulfide) groups is 1. The van der Waals surface area contributed by atoms with Crippen LogP contribution in [0.15, 0.2) is 29.4 Å². The molecule has 8 unspecified atom stereocenters. The zero-order valence-corrected chi connectivity index (χ0v) is 18.3. The van der Waals surface area contributed by atoms with Crippen molar-refractivity contribution in [2.24, 2.45) is 46.8 Å². The summed E-state index contributed by atoms with van der Waals surface area (Å²) < 4.78 is 0. The zero-order chi connectivity index (χ0) is 19.3. The summed E-state index contributed by atoms with van der Waals surface area (Å²) in [6, 6.07) is 5.88. The van der Waals surface area contributed by atoms with E-state index in [1.807, 2.05) is 18.2 Å². The Morgan fingerprint density at radius 3 is 2.71 bits per heavy atom. The molecule has 28 heavy (non-hydrogen) atoms. The molecule has 1 aromatic heterocycles. The van der Waals surface area contributed by atoms with Gasteiger partial charge in [-0.2, -0.15) is 0 Å². The Morgan fingerprint density at radius 1 is 1.04 bits per heavy atom. The average molecular weight is 398 g/mol. The number of carbonyl (C=O) groups excluding carboxylic acids is 1. The summed E-state index contributed by atoms with van der Waals surface area (Å²) in [5.74, 6) is 5.82. The van der Waals surface area contributed by atoms with Crippen molar-refractivity contribution in [2.45, 2.75) is 76.7 Å². The van der Waals surface area contributed by atoms with Gasteiger partial charge >= 0.3 is 0 Å². The Hall–Kier alpha value is -0.830. The van der Waals surface area contributed by atoms with Crippen molar-refractivity contribution in [1.29, 1.82) is 0 Å². The van der Waals surface area contributed by atoms with Crippen LogP contribution in [0.3, 0.4) is 0 Å². The quantitative estimate of drug-likeness (QED) is 0.526. The standard InChI is InChI=1S/C25H35NOS/c1-16-6-8-18-17(15-16)7-9-20-19(18)12-13-25(2)21(20)10-11-22(25)24(27)28-23-5-3-4-14-26-23/h3-5,14,16-22H,6-13,15H2,1-2H3. The first-order valence-electron chi connectivity index (χ1n) is 11.7. The van der Waals surface area contributed by atoms with Crippen molar-refractivity contribution in [3.63, 3.8) is 0 Å². The van der Waals surface area contributed by atoms with Crippen molar-refractivity contribution in [3.8, 4) is 0 Å². The van der Waals surface area contributed by atoms with Crippen LogP contribution < -0.4 is 0 Å². The van der Waals surface area contributed by atoms with Crippen LogP contribution in [-0.4, -0.2) is 10.1 Å². The number of nitrogens with zero attached hydrogens (tertiary/aromatic N) is 1. The number of pyridine rings is 1. The average Bonchev–Trinajstić information content (AvgIpc) is 3.05. The number of hydrogen-bond acceptors (Lipinski definition) is 3. The van der Waals surface area contributed by atoms with E-state index in [0.29, 0.717) is 5.12 Å². The van der Waals surface area contributed by atoms with E-state index in [-0.39, 0.29) is 11.3 Å². The van der Waals surface area contributed by atoms with Crippen LogP contribution in [0.25, 0.3) is 0 Å². The van der Waals surface area contributed by atoms with Crippen LogP contribution in [0.5, 0.6) is 0 Å². The molecule has 4 saturated carbocycles. The lowest BCUT2D eigenvalue weighted by atomic mass is 9.49. The lowest BCUT2D eigenvalue weighted by Gasteiger charge is -2.56. The maximum atomic E-state index is 13.2. The van der Waals surface area contributed by atoms with Crippen LogP contribution in [0.2, 0.25) is 0 Å². The van der Waals surface area contributed by atoms with Crippen LogP contribution in [0, 0.1) is 46.8 Å². The maximum absolute atomic E-state index is 13.2. The zero-order valence-electron chi connectivity index (χ0n) is 17.5. The van der Waals surface area contributed by atoms with E-state index in [2.05, 4.69) is 18.8 Å². The Labute approximate surface area is 174 Å². The molecule has 0 aliphatic heterocycles. The molecule has 0 radical (unpaired) electrons. The van der Waals surface area contributed by atoms with Crippen LogP contribution in [0.1, 0.15) is 71.6 Å². The third kappa shape index (κ3) is 3.16. The molecule has 0 N–H and O–H groups in total. The Kier molecular flexibility index (Phi) is 5.10. The molecular weight excluding hydrogens is 362 g/mol. The summed E-state index contributed by atoms with van der Waals surface area (Å²) >= 11 is 1.39. The minimum atomic E-state index is 0.231. The summed E-state index contributed by atoms with van der Waals surface area (Å²) in [6.07, 6.45) is 14.2. The van der Waals surface area contributed by atoms with Gasteiger partial charge < -0.3 is 0 Å². The highest BCUT2D eigenvalue weighted by Gasteiger charge is 2.58. The van der Waals surface area contributed by atoms with E-state index in [4.69, 9.17) is 0 Å². The second-order valence-corrected chi connectivity index (χ2v) is 11.6. The molecule has 4 fully saturated rings. The molecule has 0 aromatic carbocycles. The number of carbonyl (C=O) groups is 1. The Morgan fingerprint density at radius 2 is 1.89 bits per heavy atom. The number of hydrogen-bond donors (Lipinski definition) is 0. The van der Waals surface area contributed by atoms with Crippen molar-refractivity contribution < 1.29 is 4.79 Å². The minimum Gasteiger partial charge on any atom is -0.286 e. The van der Waals surface area contributed by atoms with Gasteiger partial charge in [0.25, 0.3) is 0 Å². The fourth-order valence-corrected chi connectivity index (χ4v) is 9.05. The molecule has 2 nitrogen and oxygen atoms in total. The largest absolute Gasteiger partial charge is 0.286 e. The minimum absolute atomic E-state index is 0.231. The predicted octanol–water partition coefficient (Wildman–Crippen LogP) is 6.61. The molecule has 0 spiro atoms. The van der Waals surface area contributed by atoms with Crippen LogP contribution >= 0.6 is 11.8 Å². The molecule has 0 bridgehead atoms. The number of aromatic nitrogens is 1. The van der Waals surface area contributed by atoms with E-state index >= 15 is 0 Å². The Balaban J connectivity index is 1.32. The normalized spacial score (nSPS) is 45.0. The molecule has 4 aliphatic rings. The summed E-state index contributed by atoms with van der Waals surface area (Å²) in [6.45, 7) is 4.93. The first-order valence-corrected chi connectivity index (χ1v) is 12.5. The third-order valence-electron chi connectivity index (χ3n) is 9.34. The summed E-state index contributed by atoms with van der Waals surface area (Å²) in [5, 5.41) is 1.24. The SMILES string of the molecule is CC1CCC2C(CCC3C2CCC2(C)C(C(=O)Sc4ccccn4)CCC32)C1.